The van der Waals surface area contributed by atoms with Gasteiger partial charge < -0.3 is 15.7 Å². The highest BCUT2D eigenvalue weighted by Crippen LogP contribution is 2.20. The Morgan fingerprint density at radius 1 is 1.14 bits per heavy atom. The highest BCUT2D eigenvalue weighted by atomic mass is 79.9. The van der Waals surface area contributed by atoms with Crippen LogP contribution in [0.5, 0.6) is 0 Å². The van der Waals surface area contributed by atoms with Crippen LogP contribution >= 0.6 is 15.9 Å². The SMILES string of the molecule is CC(C)(O)C(C)(C)NC(=O)CNC(=O)c1ccc(Br)cc1. The van der Waals surface area contributed by atoms with Gasteiger partial charge in [0, 0.05) is 10.0 Å². The summed E-state index contributed by atoms with van der Waals surface area (Å²) in [5.41, 5.74) is -1.39. The van der Waals surface area contributed by atoms with Gasteiger partial charge in [0.25, 0.3) is 5.91 Å². The Morgan fingerprint density at radius 2 is 1.67 bits per heavy atom. The lowest BCUT2D eigenvalue weighted by molar-refractivity contribution is -0.125. The molecule has 0 bridgehead atoms. The Morgan fingerprint density at radius 3 is 2.14 bits per heavy atom. The molecule has 1 aromatic carbocycles. The molecule has 0 spiro atoms. The molecule has 0 radical (unpaired) electrons. The summed E-state index contributed by atoms with van der Waals surface area (Å²) in [6.45, 7) is 6.54. The van der Waals surface area contributed by atoms with Gasteiger partial charge in [0.1, 0.15) is 0 Å². The van der Waals surface area contributed by atoms with Gasteiger partial charge in [0.2, 0.25) is 5.91 Å². The highest BCUT2D eigenvalue weighted by molar-refractivity contribution is 9.10. The monoisotopic (exact) mass is 356 g/mol. The van der Waals surface area contributed by atoms with Crippen molar-refractivity contribution in [2.45, 2.75) is 38.8 Å². The third-order valence-corrected chi connectivity index (χ3v) is 4.03. The van der Waals surface area contributed by atoms with E-state index in [2.05, 4.69) is 26.6 Å². The molecule has 116 valence electrons. The van der Waals surface area contributed by atoms with Gasteiger partial charge >= 0.3 is 0 Å². The van der Waals surface area contributed by atoms with Gasteiger partial charge in [-0.2, -0.15) is 0 Å². The first kappa shape index (κ1) is 17.7. The van der Waals surface area contributed by atoms with Gasteiger partial charge in [-0.15, -0.1) is 0 Å². The fourth-order valence-corrected chi connectivity index (χ4v) is 1.67. The number of carbonyl (C=O) groups is 2. The molecule has 0 saturated carbocycles. The summed E-state index contributed by atoms with van der Waals surface area (Å²) in [4.78, 5) is 23.7. The number of aliphatic hydroxyl groups is 1. The maximum atomic E-state index is 11.9. The summed E-state index contributed by atoms with van der Waals surface area (Å²) < 4.78 is 0.878. The van der Waals surface area contributed by atoms with Crippen molar-refractivity contribution in [2.24, 2.45) is 0 Å². The quantitative estimate of drug-likeness (QED) is 0.753. The maximum absolute atomic E-state index is 11.9. The summed E-state index contributed by atoms with van der Waals surface area (Å²) in [5.74, 6) is -0.675. The van der Waals surface area contributed by atoms with Crippen LogP contribution in [0.2, 0.25) is 0 Å². The van der Waals surface area contributed by atoms with Crippen LogP contribution in [-0.4, -0.2) is 34.6 Å². The fourth-order valence-electron chi connectivity index (χ4n) is 1.41. The van der Waals surface area contributed by atoms with Crippen LogP contribution in [0.15, 0.2) is 28.7 Å². The molecule has 0 aliphatic carbocycles. The molecule has 1 rings (SSSR count). The Bertz CT molecular complexity index is 519. The number of carbonyl (C=O) groups excluding carboxylic acids is 2. The van der Waals surface area contributed by atoms with E-state index in [1.54, 1.807) is 52.0 Å². The second kappa shape index (κ2) is 6.58. The number of amides is 2. The van der Waals surface area contributed by atoms with Gasteiger partial charge in [-0.1, -0.05) is 15.9 Å². The molecule has 0 atom stereocenters. The predicted octanol–water partition coefficient (Wildman–Crippen LogP) is 1.84. The van der Waals surface area contributed by atoms with E-state index < -0.39 is 11.1 Å². The summed E-state index contributed by atoms with van der Waals surface area (Å²) in [6.07, 6.45) is 0. The largest absolute Gasteiger partial charge is 0.388 e. The lowest BCUT2D eigenvalue weighted by atomic mass is 9.86. The van der Waals surface area contributed by atoms with Gasteiger partial charge in [0.15, 0.2) is 0 Å². The summed E-state index contributed by atoms with van der Waals surface area (Å²) in [7, 11) is 0. The minimum Gasteiger partial charge on any atom is -0.388 e. The standard InChI is InChI=1S/C15H21BrN2O3/c1-14(2,15(3,4)21)18-12(19)9-17-13(20)10-5-7-11(16)8-6-10/h5-8,21H,9H2,1-4H3,(H,17,20)(H,18,19). The molecule has 0 aromatic heterocycles. The van der Waals surface area contributed by atoms with Crippen molar-refractivity contribution in [1.82, 2.24) is 10.6 Å². The van der Waals surface area contributed by atoms with E-state index >= 15 is 0 Å². The molecule has 21 heavy (non-hydrogen) atoms. The molecule has 5 nitrogen and oxygen atoms in total. The first-order valence-corrected chi connectivity index (χ1v) is 7.39. The van der Waals surface area contributed by atoms with Crippen molar-refractivity contribution in [3.05, 3.63) is 34.3 Å². The Labute approximate surface area is 133 Å². The number of hydrogen-bond acceptors (Lipinski definition) is 3. The average molecular weight is 357 g/mol. The van der Waals surface area contributed by atoms with E-state index in [1.165, 1.54) is 0 Å². The van der Waals surface area contributed by atoms with Gasteiger partial charge in [0.05, 0.1) is 17.7 Å². The smallest absolute Gasteiger partial charge is 0.251 e. The molecule has 2 amide bonds. The lowest BCUT2D eigenvalue weighted by Gasteiger charge is -2.38. The number of nitrogens with one attached hydrogen (secondary N) is 2. The average Bonchev–Trinajstić information content (AvgIpc) is 2.35. The number of rotatable bonds is 5. The molecule has 0 aliphatic heterocycles. The molecule has 0 aliphatic rings. The number of halogens is 1. The zero-order valence-corrected chi connectivity index (χ0v) is 14.2. The summed E-state index contributed by atoms with van der Waals surface area (Å²) >= 11 is 3.29. The van der Waals surface area contributed by atoms with Crippen LogP contribution in [0.3, 0.4) is 0 Å². The van der Waals surface area contributed by atoms with E-state index in [0.717, 1.165) is 4.47 Å². The maximum Gasteiger partial charge on any atom is 0.251 e. The molecule has 3 N–H and O–H groups in total. The molecule has 6 heteroatoms. The van der Waals surface area contributed by atoms with Crippen molar-refractivity contribution in [2.75, 3.05) is 6.54 Å². The second-order valence-corrected chi connectivity index (χ2v) is 6.84. The predicted molar refractivity (Wildman–Crippen MR) is 85.0 cm³/mol. The first-order chi connectivity index (χ1) is 9.53. The van der Waals surface area contributed by atoms with E-state index in [-0.39, 0.29) is 18.4 Å². The third-order valence-electron chi connectivity index (χ3n) is 3.50. The number of benzene rings is 1. The first-order valence-electron chi connectivity index (χ1n) is 6.60. The Hall–Kier alpha value is -1.40. The van der Waals surface area contributed by atoms with E-state index in [4.69, 9.17) is 0 Å². The zero-order valence-electron chi connectivity index (χ0n) is 12.7. The molecule has 0 fully saturated rings. The normalized spacial score (nSPS) is 11.9. The van der Waals surface area contributed by atoms with Crippen molar-refractivity contribution in [3.63, 3.8) is 0 Å². The van der Waals surface area contributed by atoms with Crippen molar-refractivity contribution in [3.8, 4) is 0 Å². The van der Waals surface area contributed by atoms with Gasteiger partial charge in [-0.05, 0) is 52.0 Å². The Kier molecular flexibility index (Phi) is 5.53. The minimum absolute atomic E-state index is 0.144. The zero-order chi connectivity index (χ0) is 16.3. The molecule has 1 aromatic rings. The van der Waals surface area contributed by atoms with Crippen LogP contribution in [0, 0.1) is 0 Å². The fraction of sp³-hybridized carbons (Fsp3) is 0.467. The van der Waals surface area contributed by atoms with E-state index in [9.17, 15) is 14.7 Å². The van der Waals surface area contributed by atoms with Gasteiger partial charge in [-0.25, -0.2) is 0 Å². The second-order valence-electron chi connectivity index (χ2n) is 5.92. The number of hydrogen-bond donors (Lipinski definition) is 3. The molecule has 0 heterocycles. The molecule has 0 unspecified atom stereocenters. The van der Waals surface area contributed by atoms with E-state index in [0.29, 0.717) is 5.56 Å². The summed E-state index contributed by atoms with van der Waals surface area (Å²) in [6, 6.07) is 6.84. The highest BCUT2D eigenvalue weighted by Gasteiger charge is 2.36. The third kappa shape index (κ3) is 5.13. The molecular formula is C15H21BrN2O3. The molecule has 0 saturated heterocycles. The van der Waals surface area contributed by atoms with Crippen molar-refractivity contribution < 1.29 is 14.7 Å². The van der Waals surface area contributed by atoms with E-state index in [1.807, 2.05) is 0 Å². The van der Waals surface area contributed by atoms with Gasteiger partial charge in [-0.3, -0.25) is 9.59 Å². The van der Waals surface area contributed by atoms with Crippen molar-refractivity contribution in [1.29, 1.82) is 0 Å². The van der Waals surface area contributed by atoms with Crippen LogP contribution in [0.4, 0.5) is 0 Å². The van der Waals surface area contributed by atoms with Crippen LogP contribution < -0.4 is 10.6 Å². The minimum atomic E-state index is -1.07. The topological polar surface area (TPSA) is 78.4 Å². The lowest BCUT2D eigenvalue weighted by Crippen LogP contribution is -2.59. The summed E-state index contributed by atoms with van der Waals surface area (Å²) in [5, 5.41) is 15.2. The van der Waals surface area contributed by atoms with Crippen LogP contribution in [0.25, 0.3) is 0 Å². The van der Waals surface area contributed by atoms with Crippen LogP contribution in [-0.2, 0) is 4.79 Å². The van der Waals surface area contributed by atoms with Crippen molar-refractivity contribution >= 4 is 27.7 Å². The Balaban J connectivity index is 2.54. The molecular weight excluding hydrogens is 336 g/mol. The van der Waals surface area contributed by atoms with Crippen LogP contribution in [0.1, 0.15) is 38.1 Å².